The summed E-state index contributed by atoms with van der Waals surface area (Å²) in [7, 11) is 0. The molecule has 0 amide bonds. The number of ether oxygens (including phenoxy) is 1. The normalized spacial score (nSPS) is 10.8. The number of hydrogen-bond acceptors (Lipinski definition) is 3. The van der Waals surface area contributed by atoms with E-state index in [1.54, 1.807) is 12.1 Å². The fourth-order valence-electron chi connectivity index (χ4n) is 2.18. The molecule has 0 atom stereocenters. The lowest BCUT2D eigenvalue weighted by Gasteiger charge is -2.05. The molecule has 0 heterocycles. The Hall–Kier alpha value is -3.20. The van der Waals surface area contributed by atoms with Crippen LogP contribution in [0.2, 0.25) is 0 Å². The predicted octanol–water partition coefficient (Wildman–Crippen LogP) is 5.06. The third kappa shape index (κ3) is 4.14. The van der Waals surface area contributed by atoms with Gasteiger partial charge in [0.2, 0.25) is 0 Å². The van der Waals surface area contributed by atoms with Crippen LogP contribution < -0.4 is 4.74 Å². The van der Waals surface area contributed by atoms with E-state index in [2.05, 4.69) is 0 Å². The summed E-state index contributed by atoms with van der Waals surface area (Å²) in [6.45, 7) is 0. The molecule has 0 spiro atoms. The van der Waals surface area contributed by atoms with Gasteiger partial charge in [-0.05, 0) is 47.5 Å². The summed E-state index contributed by atoms with van der Waals surface area (Å²) < 4.78 is 5.74. The van der Waals surface area contributed by atoms with Gasteiger partial charge in [0.25, 0.3) is 0 Å². The average molecular weight is 304 g/mol. The van der Waals surface area contributed by atoms with E-state index < -0.39 is 0 Å². The zero-order chi connectivity index (χ0) is 16.1. The Labute approximate surface area is 134 Å². The van der Waals surface area contributed by atoms with Crippen LogP contribution in [0.3, 0.4) is 0 Å². The van der Waals surface area contributed by atoms with Gasteiger partial charge in [0.05, 0.1) is 0 Å². The van der Waals surface area contributed by atoms with Gasteiger partial charge in [-0.15, -0.1) is 0 Å². The summed E-state index contributed by atoms with van der Waals surface area (Å²) in [6, 6.07) is 21.8. The molecule has 0 aliphatic rings. The number of phenolic OH excluding ortho intramolecular Hbond substituents is 2. The minimum atomic E-state index is 0.0382. The molecule has 2 N–H and O–H groups in total. The first-order valence-electron chi connectivity index (χ1n) is 7.23. The molecule has 0 saturated carbocycles. The van der Waals surface area contributed by atoms with Gasteiger partial charge in [-0.1, -0.05) is 42.5 Å². The second kappa shape index (κ2) is 6.71. The summed E-state index contributed by atoms with van der Waals surface area (Å²) in [5, 5.41) is 18.9. The van der Waals surface area contributed by atoms with Crippen LogP contribution in [0.1, 0.15) is 11.1 Å². The number of para-hydroxylation sites is 1. The highest BCUT2D eigenvalue weighted by atomic mass is 16.5. The number of hydrogen-bond donors (Lipinski definition) is 2. The van der Waals surface area contributed by atoms with E-state index in [9.17, 15) is 10.2 Å². The largest absolute Gasteiger partial charge is 0.508 e. The Bertz CT molecular complexity index is 786. The Kier molecular flexibility index (Phi) is 4.29. The lowest BCUT2D eigenvalue weighted by atomic mass is 10.1. The minimum Gasteiger partial charge on any atom is -0.508 e. The average Bonchev–Trinajstić information content (AvgIpc) is 2.54. The summed E-state index contributed by atoms with van der Waals surface area (Å²) in [5.74, 6) is 1.64. The predicted molar refractivity (Wildman–Crippen MR) is 91.7 cm³/mol. The highest BCUT2D eigenvalue weighted by Crippen LogP contribution is 2.23. The van der Waals surface area contributed by atoms with Gasteiger partial charge in [-0.2, -0.15) is 0 Å². The molecule has 3 heteroatoms. The van der Waals surface area contributed by atoms with Crippen molar-refractivity contribution in [3.05, 3.63) is 83.9 Å². The summed E-state index contributed by atoms with van der Waals surface area (Å²) >= 11 is 0. The van der Waals surface area contributed by atoms with E-state index in [0.29, 0.717) is 0 Å². The fraction of sp³-hybridized carbons (Fsp3) is 0. The third-order valence-electron chi connectivity index (χ3n) is 3.25. The summed E-state index contributed by atoms with van der Waals surface area (Å²) in [4.78, 5) is 0. The molecule has 114 valence electrons. The molecule has 0 radical (unpaired) electrons. The van der Waals surface area contributed by atoms with Gasteiger partial charge in [-0.3, -0.25) is 0 Å². The molecule has 0 unspecified atom stereocenters. The van der Waals surface area contributed by atoms with Crippen molar-refractivity contribution in [1.29, 1.82) is 0 Å². The van der Waals surface area contributed by atoms with Gasteiger partial charge < -0.3 is 14.9 Å². The lowest BCUT2D eigenvalue weighted by molar-refractivity contribution is 0.450. The molecule has 3 nitrogen and oxygen atoms in total. The molecule has 0 aliphatic carbocycles. The first-order valence-corrected chi connectivity index (χ1v) is 7.23. The van der Waals surface area contributed by atoms with Crippen LogP contribution in [-0.2, 0) is 0 Å². The number of rotatable bonds is 4. The highest BCUT2D eigenvalue weighted by molar-refractivity contribution is 5.71. The van der Waals surface area contributed by atoms with Crippen molar-refractivity contribution in [1.82, 2.24) is 0 Å². The van der Waals surface area contributed by atoms with Gasteiger partial charge in [0, 0.05) is 6.07 Å². The Balaban J connectivity index is 1.71. The van der Waals surface area contributed by atoms with Gasteiger partial charge in [0.1, 0.15) is 23.0 Å². The Morgan fingerprint density at radius 3 is 1.83 bits per heavy atom. The molecule has 3 aromatic carbocycles. The third-order valence-corrected chi connectivity index (χ3v) is 3.25. The van der Waals surface area contributed by atoms with E-state index >= 15 is 0 Å². The molecule has 0 bridgehead atoms. The van der Waals surface area contributed by atoms with Crippen molar-refractivity contribution in [2.45, 2.75) is 0 Å². The first kappa shape index (κ1) is 14.7. The maximum atomic E-state index is 9.46. The quantitative estimate of drug-likeness (QED) is 0.662. The SMILES string of the molecule is Oc1cc(O)cc(/C=C/c2ccc(Oc3ccccc3)cc2)c1. The smallest absolute Gasteiger partial charge is 0.127 e. The van der Waals surface area contributed by atoms with Crippen molar-refractivity contribution in [3.63, 3.8) is 0 Å². The van der Waals surface area contributed by atoms with Gasteiger partial charge in [-0.25, -0.2) is 0 Å². The zero-order valence-electron chi connectivity index (χ0n) is 12.4. The molecule has 3 aromatic rings. The molecule has 3 rings (SSSR count). The number of phenols is 2. The second-order valence-electron chi connectivity index (χ2n) is 5.10. The fourth-order valence-corrected chi connectivity index (χ4v) is 2.18. The van der Waals surface area contributed by atoms with Crippen molar-refractivity contribution in [2.24, 2.45) is 0 Å². The van der Waals surface area contributed by atoms with Gasteiger partial charge >= 0.3 is 0 Å². The van der Waals surface area contributed by atoms with Crippen LogP contribution in [0, 0.1) is 0 Å². The Morgan fingerprint density at radius 2 is 1.17 bits per heavy atom. The van der Waals surface area contributed by atoms with Gasteiger partial charge in [0.15, 0.2) is 0 Å². The van der Waals surface area contributed by atoms with E-state index in [-0.39, 0.29) is 11.5 Å². The van der Waals surface area contributed by atoms with Crippen LogP contribution in [0.25, 0.3) is 12.2 Å². The number of aromatic hydroxyl groups is 2. The Morgan fingerprint density at radius 1 is 0.609 bits per heavy atom. The lowest BCUT2D eigenvalue weighted by Crippen LogP contribution is -1.83. The van der Waals surface area contributed by atoms with Crippen molar-refractivity contribution >= 4 is 12.2 Å². The molecule has 0 saturated heterocycles. The van der Waals surface area contributed by atoms with Crippen molar-refractivity contribution in [2.75, 3.05) is 0 Å². The second-order valence-corrected chi connectivity index (χ2v) is 5.10. The maximum absolute atomic E-state index is 9.46. The summed E-state index contributed by atoms with van der Waals surface area (Å²) in [5.41, 5.74) is 1.72. The van der Waals surface area contributed by atoms with E-state index in [4.69, 9.17) is 4.74 Å². The zero-order valence-corrected chi connectivity index (χ0v) is 12.4. The van der Waals surface area contributed by atoms with Crippen LogP contribution in [0.4, 0.5) is 0 Å². The maximum Gasteiger partial charge on any atom is 0.127 e. The van der Waals surface area contributed by atoms with Crippen LogP contribution >= 0.6 is 0 Å². The monoisotopic (exact) mass is 304 g/mol. The highest BCUT2D eigenvalue weighted by Gasteiger charge is 1.98. The van der Waals surface area contributed by atoms with E-state index in [1.165, 1.54) is 6.07 Å². The topological polar surface area (TPSA) is 49.7 Å². The van der Waals surface area contributed by atoms with Crippen LogP contribution in [-0.4, -0.2) is 10.2 Å². The van der Waals surface area contributed by atoms with Crippen molar-refractivity contribution < 1.29 is 14.9 Å². The first-order chi connectivity index (χ1) is 11.2. The van der Waals surface area contributed by atoms with Crippen LogP contribution in [0.15, 0.2) is 72.8 Å². The molecule has 0 aliphatic heterocycles. The minimum absolute atomic E-state index is 0.0382. The molecular weight excluding hydrogens is 288 g/mol. The standard InChI is InChI=1S/C20H16O3/c21-17-12-16(13-18(22)14-17)7-6-15-8-10-20(11-9-15)23-19-4-2-1-3-5-19/h1-14,21-22H/b7-6+. The van der Waals surface area contributed by atoms with Crippen molar-refractivity contribution in [3.8, 4) is 23.0 Å². The van der Waals surface area contributed by atoms with Crippen LogP contribution in [0.5, 0.6) is 23.0 Å². The molecule has 23 heavy (non-hydrogen) atoms. The molecule has 0 fully saturated rings. The van der Waals surface area contributed by atoms with E-state index in [0.717, 1.165) is 22.6 Å². The molecular formula is C20H16O3. The summed E-state index contributed by atoms with van der Waals surface area (Å²) in [6.07, 6.45) is 3.73. The van der Waals surface area contributed by atoms with E-state index in [1.807, 2.05) is 66.7 Å². The number of benzene rings is 3. The molecule has 0 aromatic heterocycles.